The number of hydrogen-bond donors (Lipinski definition) is 3. The minimum Gasteiger partial charge on any atom is -0.344 e. The van der Waals surface area contributed by atoms with Crippen LogP contribution < -0.4 is 10.6 Å². The summed E-state index contributed by atoms with van der Waals surface area (Å²) < 4.78 is 0. The molecule has 0 amide bonds. The largest absolute Gasteiger partial charge is 0.344 e. The Kier molecular flexibility index (Phi) is 3.94. The minimum atomic E-state index is 0.642. The van der Waals surface area contributed by atoms with Crippen LogP contribution in [0.2, 0.25) is 0 Å². The van der Waals surface area contributed by atoms with Gasteiger partial charge in [0, 0.05) is 35.0 Å². The second kappa shape index (κ2) is 6.57. The van der Waals surface area contributed by atoms with Gasteiger partial charge in [-0.05, 0) is 67.4 Å². The number of benzene rings is 1. The maximum absolute atomic E-state index is 4.66. The van der Waals surface area contributed by atoms with Gasteiger partial charge in [-0.2, -0.15) is 5.10 Å². The van der Waals surface area contributed by atoms with E-state index in [1.54, 1.807) is 5.57 Å². The van der Waals surface area contributed by atoms with E-state index in [0.717, 1.165) is 29.9 Å². The first-order chi connectivity index (χ1) is 12.9. The maximum atomic E-state index is 4.66. The highest BCUT2D eigenvalue weighted by Gasteiger charge is 2.26. The number of H-pyrrole nitrogens is 1. The first kappa shape index (κ1) is 15.6. The van der Waals surface area contributed by atoms with E-state index in [4.69, 9.17) is 0 Å². The Morgan fingerprint density at radius 3 is 2.65 bits per heavy atom. The number of fused-ring (bicyclic) bond motifs is 1. The van der Waals surface area contributed by atoms with Crippen LogP contribution in [0.15, 0.2) is 54.1 Å². The first-order valence-electron chi connectivity index (χ1n) is 9.45. The van der Waals surface area contributed by atoms with E-state index >= 15 is 0 Å². The van der Waals surface area contributed by atoms with Crippen molar-refractivity contribution in [1.29, 1.82) is 0 Å². The highest BCUT2D eigenvalue weighted by molar-refractivity contribution is 5.88. The summed E-state index contributed by atoms with van der Waals surface area (Å²) in [6, 6.07) is 8.63. The molecule has 3 aromatic rings. The second-order valence-corrected chi connectivity index (χ2v) is 7.28. The Morgan fingerprint density at radius 1 is 1.00 bits per heavy atom. The average molecular weight is 345 g/mol. The van der Waals surface area contributed by atoms with Gasteiger partial charge in [-0.3, -0.25) is 5.10 Å². The highest BCUT2D eigenvalue weighted by Crippen LogP contribution is 2.38. The lowest BCUT2D eigenvalue weighted by atomic mass is 9.93. The van der Waals surface area contributed by atoms with Crippen LogP contribution in [0.4, 0.5) is 5.82 Å². The van der Waals surface area contributed by atoms with Crippen LogP contribution in [0, 0.1) is 5.92 Å². The smallest absolute Gasteiger partial charge is 0.130 e. The predicted molar refractivity (Wildman–Crippen MR) is 105 cm³/mol. The first-order valence-corrected chi connectivity index (χ1v) is 9.45. The van der Waals surface area contributed by atoms with E-state index in [1.807, 2.05) is 18.6 Å². The van der Waals surface area contributed by atoms with Crippen molar-refractivity contribution in [2.45, 2.75) is 25.7 Å². The quantitative estimate of drug-likeness (QED) is 0.666. The van der Waals surface area contributed by atoms with Crippen LogP contribution in [0.1, 0.15) is 25.7 Å². The van der Waals surface area contributed by atoms with Crippen LogP contribution in [-0.2, 0) is 0 Å². The number of piperidine rings is 1. The lowest BCUT2D eigenvalue weighted by Crippen LogP contribution is -2.30. The van der Waals surface area contributed by atoms with Gasteiger partial charge >= 0.3 is 0 Å². The molecule has 1 aliphatic heterocycles. The van der Waals surface area contributed by atoms with Crippen LogP contribution >= 0.6 is 0 Å². The zero-order valence-corrected chi connectivity index (χ0v) is 14.8. The second-order valence-electron chi connectivity index (χ2n) is 7.28. The fourth-order valence-electron chi connectivity index (χ4n) is 3.86. The molecule has 132 valence electrons. The van der Waals surface area contributed by atoms with Crippen molar-refractivity contribution in [2.24, 2.45) is 5.92 Å². The van der Waals surface area contributed by atoms with Crippen molar-refractivity contribution in [3.63, 3.8) is 0 Å². The van der Waals surface area contributed by atoms with Crippen molar-refractivity contribution >= 4 is 16.6 Å². The molecule has 5 rings (SSSR count). The molecule has 3 heterocycles. The van der Waals surface area contributed by atoms with E-state index in [2.05, 4.69) is 50.1 Å². The van der Waals surface area contributed by atoms with Gasteiger partial charge in [-0.1, -0.05) is 12.1 Å². The molecule has 0 unspecified atom stereocenters. The van der Waals surface area contributed by atoms with Crippen molar-refractivity contribution in [2.75, 3.05) is 18.4 Å². The number of hydrogen-bond acceptors (Lipinski definition) is 4. The minimum absolute atomic E-state index is 0.642. The SMILES string of the molecule is c1cc2cnc(NC(=C3CC3)C3CCNCC3)cc2cc1-c1cn[nH]c1. The number of pyridine rings is 1. The molecule has 3 N–H and O–H groups in total. The summed E-state index contributed by atoms with van der Waals surface area (Å²) in [5, 5.41) is 16.4. The maximum Gasteiger partial charge on any atom is 0.130 e. The normalized spacial score (nSPS) is 17.5. The zero-order chi connectivity index (χ0) is 17.3. The van der Waals surface area contributed by atoms with Crippen LogP contribution in [0.3, 0.4) is 0 Å². The van der Waals surface area contributed by atoms with Crippen LogP contribution in [0.25, 0.3) is 21.9 Å². The van der Waals surface area contributed by atoms with E-state index in [1.165, 1.54) is 42.3 Å². The molecular weight excluding hydrogens is 322 g/mol. The Hall–Kier alpha value is -2.66. The molecule has 0 atom stereocenters. The topological polar surface area (TPSA) is 65.6 Å². The summed E-state index contributed by atoms with van der Waals surface area (Å²) in [6.07, 6.45) is 10.7. The zero-order valence-electron chi connectivity index (χ0n) is 14.8. The molecule has 0 spiro atoms. The molecule has 26 heavy (non-hydrogen) atoms. The van der Waals surface area contributed by atoms with E-state index in [9.17, 15) is 0 Å². The van der Waals surface area contributed by atoms with Gasteiger partial charge in [0.15, 0.2) is 0 Å². The molecule has 2 fully saturated rings. The van der Waals surface area contributed by atoms with Crippen molar-refractivity contribution in [1.82, 2.24) is 20.5 Å². The number of nitrogens with zero attached hydrogens (tertiary/aromatic N) is 2. The Labute approximate surface area is 152 Å². The standard InChI is InChI=1S/C21H23N5/c1-2-14(1)21(15-5-7-22-8-6-15)26-20-10-18-9-16(19-12-24-25-13-19)3-4-17(18)11-23-20/h3-4,9-13,15,22H,1-2,5-8H2,(H,23,26)(H,24,25). The number of allylic oxidation sites excluding steroid dienone is 2. The summed E-state index contributed by atoms with van der Waals surface area (Å²) in [6.45, 7) is 2.23. The third-order valence-electron chi connectivity index (χ3n) is 5.44. The molecule has 1 saturated carbocycles. The molecule has 5 nitrogen and oxygen atoms in total. The number of rotatable bonds is 4. The lowest BCUT2D eigenvalue weighted by Gasteiger charge is -2.26. The summed E-state index contributed by atoms with van der Waals surface area (Å²) in [5.41, 5.74) is 5.30. The monoisotopic (exact) mass is 345 g/mol. The Bertz CT molecular complexity index is 946. The van der Waals surface area contributed by atoms with E-state index < -0.39 is 0 Å². The van der Waals surface area contributed by atoms with Gasteiger partial charge in [-0.15, -0.1) is 0 Å². The molecule has 2 aromatic heterocycles. The molecule has 1 aliphatic carbocycles. The van der Waals surface area contributed by atoms with E-state index in [-0.39, 0.29) is 0 Å². The third kappa shape index (κ3) is 3.10. The van der Waals surface area contributed by atoms with Gasteiger partial charge in [0.1, 0.15) is 5.82 Å². The Morgan fingerprint density at radius 2 is 1.88 bits per heavy atom. The third-order valence-corrected chi connectivity index (χ3v) is 5.44. The number of anilines is 1. The fraction of sp³-hybridized carbons (Fsp3) is 0.333. The predicted octanol–water partition coefficient (Wildman–Crippen LogP) is 4.08. The number of aromatic nitrogens is 3. The number of aromatic amines is 1. The molecular formula is C21H23N5. The van der Waals surface area contributed by atoms with E-state index in [0.29, 0.717) is 5.92 Å². The molecule has 5 heteroatoms. The van der Waals surface area contributed by atoms with Gasteiger partial charge < -0.3 is 10.6 Å². The van der Waals surface area contributed by atoms with Gasteiger partial charge in [0.2, 0.25) is 0 Å². The van der Waals surface area contributed by atoms with Crippen molar-refractivity contribution in [3.8, 4) is 11.1 Å². The van der Waals surface area contributed by atoms with Gasteiger partial charge in [0.25, 0.3) is 0 Å². The molecule has 1 saturated heterocycles. The summed E-state index contributed by atoms with van der Waals surface area (Å²) in [4.78, 5) is 4.66. The van der Waals surface area contributed by atoms with Crippen LogP contribution in [-0.4, -0.2) is 28.3 Å². The number of nitrogens with one attached hydrogen (secondary N) is 3. The van der Waals surface area contributed by atoms with Crippen molar-refractivity contribution in [3.05, 3.63) is 54.1 Å². The lowest BCUT2D eigenvalue weighted by molar-refractivity contribution is 0.420. The fourth-order valence-corrected chi connectivity index (χ4v) is 3.86. The summed E-state index contributed by atoms with van der Waals surface area (Å²) in [7, 11) is 0. The highest BCUT2D eigenvalue weighted by atomic mass is 15.1. The average Bonchev–Trinajstić information content (AvgIpc) is 3.39. The van der Waals surface area contributed by atoms with Crippen molar-refractivity contribution < 1.29 is 0 Å². The molecule has 2 aliphatic rings. The molecule has 1 aromatic carbocycles. The summed E-state index contributed by atoms with van der Waals surface area (Å²) in [5.74, 6) is 1.60. The molecule has 0 radical (unpaired) electrons. The summed E-state index contributed by atoms with van der Waals surface area (Å²) >= 11 is 0. The Balaban J connectivity index is 1.46. The van der Waals surface area contributed by atoms with Gasteiger partial charge in [0.05, 0.1) is 6.20 Å². The van der Waals surface area contributed by atoms with Gasteiger partial charge in [-0.25, -0.2) is 4.98 Å². The molecule has 0 bridgehead atoms. The van der Waals surface area contributed by atoms with Crippen LogP contribution in [0.5, 0.6) is 0 Å².